The number of aldehydes is 1. The Morgan fingerprint density at radius 1 is 1.38 bits per heavy atom. The molecule has 16 heavy (non-hydrogen) atoms. The van der Waals surface area contributed by atoms with Crippen molar-refractivity contribution in [3.8, 4) is 0 Å². The Labute approximate surface area is 94.4 Å². The van der Waals surface area contributed by atoms with Gasteiger partial charge in [0.05, 0.1) is 5.60 Å². The van der Waals surface area contributed by atoms with E-state index in [2.05, 4.69) is 0 Å². The van der Waals surface area contributed by atoms with Crippen molar-refractivity contribution in [3.63, 3.8) is 0 Å². The lowest BCUT2D eigenvalue weighted by Crippen LogP contribution is -2.20. The quantitative estimate of drug-likeness (QED) is 0.719. The maximum atomic E-state index is 12.8. The fourth-order valence-electron chi connectivity index (χ4n) is 2.28. The van der Waals surface area contributed by atoms with E-state index in [1.807, 2.05) is 13.8 Å². The van der Waals surface area contributed by atoms with Crippen LogP contribution in [-0.2, 0) is 9.53 Å². The molecule has 1 aliphatic rings. The number of hydrogen-bond donors (Lipinski definition) is 0. The van der Waals surface area contributed by atoms with Gasteiger partial charge in [-0.15, -0.1) is 0 Å². The molecule has 0 spiro atoms. The molecule has 0 amide bonds. The Hall–Kier alpha value is -1.22. The van der Waals surface area contributed by atoms with Crippen LogP contribution in [0, 0.1) is 5.82 Å². The molecule has 2 unspecified atom stereocenters. The van der Waals surface area contributed by atoms with Crippen molar-refractivity contribution in [2.45, 2.75) is 37.9 Å². The Balaban J connectivity index is 2.26. The summed E-state index contributed by atoms with van der Waals surface area (Å²) in [5.41, 5.74) is 0.675. The molecule has 86 valence electrons. The minimum absolute atomic E-state index is 0.0353. The van der Waals surface area contributed by atoms with Crippen LogP contribution in [-0.4, -0.2) is 18.0 Å². The summed E-state index contributed by atoms with van der Waals surface area (Å²) < 4.78 is 18.4. The molecular formula is C13H15FO2. The first-order valence-electron chi connectivity index (χ1n) is 5.40. The van der Waals surface area contributed by atoms with Crippen molar-refractivity contribution >= 4 is 6.29 Å². The van der Waals surface area contributed by atoms with E-state index in [4.69, 9.17) is 4.74 Å². The van der Waals surface area contributed by atoms with Crippen LogP contribution in [0.1, 0.15) is 31.7 Å². The summed E-state index contributed by atoms with van der Waals surface area (Å²) in [4.78, 5) is 10.9. The highest BCUT2D eigenvalue weighted by Gasteiger charge is 2.40. The van der Waals surface area contributed by atoms with Crippen LogP contribution < -0.4 is 0 Å². The monoisotopic (exact) mass is 222 g/mol. The van der Waals surface area contributed by atoms with Gasteiger partial charge in [-0.1, -0.05) is 12.1 Å². The van der Waals surface area contributed by atoms with Gasteiger partial charge in [0, 0.05) is 5.92 Å². The minimum atomic E-state index is -0.416. The number of halogens is 1. The molecule has 1 heterocycles. The van der Waals surface area contributed by atoms with Crippen LogP contribution in [0.15, 0.2) is 24.3 Å². The molecule has 0 N–H and O–H groups in total. The van der Waals surface area contributed by atoms with Gasteiger partial charge in [0.1, 0.15) is 18.2 Å². The summed E-state index contributed by atoms with van der Waals surface area (Å²) in [7, 11) is 0. The van der Waals surface area contributed by atoms with Gasteiger partial charge in [-0.3, -0.25) is 0 Å². The van der Waals surface area contributed by atoms with E-state index in [0.717, 1.165) is 18.3 Å². The molecule has 1 aromatic carbocycles. The van der Waals surface area contributed by atoms with E-state index in [0.29, 0.717) is 0 Å². The maximum absolute atomic E-state index is 12.8. The normalized spacial score (nSPS) is 27.9. The first-order chi connectivity index (χ1) is 7.52. The van der Waals surface area contributed by atoms with Crippen molar-refractivity contribution in [1.29, 1.82) is 0 Å². The number of benzene rings is 1. The number of rotatable bonds is 2. The molecule has 0 saturated carbocycles. The van der Waals surface area contributed by atoms with Crippen LogP contribution in [0.4, 0.5) is 4.39 Å². The highest BCUT2D eigenvalue weighted by Crippen LogP contribution is 2.40. The Bertz CT molecular complexity index is 383. The zero-order valence-corrected chi connectivity index (χ0v) is 9.44. The third-order valence-corrected chi connectivity index (χ3v) is 3.00. The third-order valence-electron chi connectivity index (χ3n) is 3.00. The molecule has 2 nitrogen and oxygen atoms in total. The van der Waals surface area contributed by atoms with E-state index < -0.39 is 6.10 Å². The van der Waals surface area contributed by atoms with Crippen LogP contribution in [0.25, 0.3) is 0 Å². The molecule has 0 aliphatic carbocycles. The Morgan fingerprint density at radius 2 is 2.00 bits per heavy atom. The fraction of sp³-hybridized carbons (Fsp3) is 0.462. The summed E-state index contributed by atoms with van der Waals surface area (Å²) in [5.74, 6) is -0.224. The molecule has 3 heteroatoms. The van der Waals surface area contributed by atoms with E-state index in [1.54, 1.807) is 12.1 Å². The first kappa shape index (κ1) is 11.3. The van der Waals surface area contributed by atoms with Gasteiger partial charge in [-0.05, 0) is 38.0 Å². The lowest BCUT2D eigenvalue weighted by molar-refractivity contribution is -0.121. The SMILES string of the molecule is CC1(C)CC(c2ccc(F)cc2)C(C=O)O1. The van der Waals surface area contributed by atoms with Gasteiger partial charge in [-0.25, -0.2) is 4.39 Å². The molecule has 0 aromatic heterocycles. The van der Waals surface area contributed by atoms with Crippen LogP contribution in [0.2, 0.25) is 0 Å². The summed E-state index contributed by atoms with van der Waals surface area (Å²) >= 11 is 0. The number of carbonyl (C=O) groups excluding carboxylic acids is 1. The zero-order valence-electron chi connectivity index (χ0n) is 9.44. The highest BCUT2D eigenvalue weighted by atomic mass is 19.1. The molecule has 1 fully saturated rings. The van der Waals surface area contributed by atoms with Gasteiger partial charge in [-0.2, -0.15) is 0 Å². The van der Waals surface area contributed by atoms with Crippen molar-refractivity contribution in [2.75, 3.05) is 0 Å². The molecule has 0 radical (unpaired) electrons. The van der Waals surface area contributed by atoms with Crippen LogP contribution in [0.3, 0.4) is 0 Å². The van der Waals surface area contributed by atoms with Gasteiger partial charge in [0.25, 0.3) is 0 Å². The second-order valence-corrected chi connectivity index (χ2v) is 4.84. The van der Waals surface area contributed by atoms with Crippen LogP contribution in [0.5, 0.6) is 0 Å². The molecule has 2 atom stereocenters. The Kier molecular flexibility index (Phi) is 2.80. The standard InChI is InChI=1S/C13H15FO2/c1-13(2)7-11(12(8-15)16-13)9-3-5-10(14)6-4-9/h3-6,8,11-12H,7H2,1-2H3. The summed E-state index contributed by atoms with van der Waals surface area (Å²) in [6.07, 6.45) is 1.20. The predicted molar refractivity (Wildman–Crippen MR) is 58.8 cm³/mol. The molecule has 1 aliphatic heterocycles. The third kappa shape index (κ3) is 2.14. The molecular weight excluding hydrogens is 207 g/mol. The second kappa shape index (κ2) is 3.98. The van der Waals surface area contributed by atoms with Crippen molar-refractivity contribution < 1.29 is 13.9 Å². The van der Waals surface area contributed by atoms with Gasteiger partial charge >= 0.3 is 0 Å². The largest absolute Gasteiger partial charge is 0.364 e. The summed E-state index contributed by atoms with van der Waals surface area (Å²) in [5, 5.41) is 0. The van der Waals surface area contributed by atoms with Crippen molar-refractivity contribution in [3.05, 3.63) is 35.6 Å². The predicted octanol–water partition coefficient (Wildman–Crippen LogP) is 2.68. The van der Waals surface area contributed by atoms with Gasteiger partial charge < -0.3 is 9.53 Å². The van der Waals surface area contributed by atoms with Crippen LogP contribution >= 0.6 is 0 Å². The average molecular weight is 222 g/mol. The van der Waals surface area contributed by atoms with Gasteiger partial charge in [0.2, 0.25) is 0 Å². The average Bonchev–Trinajstić information content (AvgIpc) is 2.55. The fourth-order valence-corrected chi connectivity index (χ4v) is 2.28. The van der Waals surface area contributed by atoms with E-state index >= 15 is 0 Å². The van der Waals surface area contributed by atoms with Crippen molar-refractivity contribution in [2.24, 2.45) is 0 Å². The summed E-state index contributed by atoms with van der Waals surface area (Å²) in [6.45, 7) is 3.93. The first-order valence-corrected chi connectivity index (χ1v) is 5.40. The van der Waals surface area contributed by atoms with E-state index in [-0.39, 0.29) is 17.3 Å². The zero-order chi connectivity index (χ0) is 11.8. The van der Waals surface area contributed by atoms with E-state index in [9.17, 15) is 9.18 Å². The lowest BCUT2D eigenvalue weighted by atomic mass is 9.88. The molecule has 1 saturated heterocycles. The molecule has 2 rings (SSSR count). The highest BCUT2D eigenvalue weighted by molar-refractivity contribution is 5.59. The Morgan fingerprint density at radius 3 is 2.56 bits per heavy atom. The van der Waals surface area contributed by atoms with Crippen molar-refractivity contribution in [1.82, 2.24) is 0 Å². The smallest absolute Gasteiger partial charge is 0.149 e. The molecule has 1 aromatic rings. The number of hydrogen-bond acceptors (Lipinski definition) is 2. The lowest BCUT2D eigenvalue weighted by Gasteiger charge is -2.16. The topological polar surface area (TPSA) is 26.3 Å². The number of ether oxygens (including phenoxy) is 1. The number of carbonyl (C=O) groups is 1. The second-order valence-electron chi connectivity index (χ2n) is 4.84. The molecule has 0 bridgehead atoms. The maximum Gasteiger partial charge on any atom is 0.149 e. The summed E-state index contributed by atoms with van der Waals surface area (Å²) in [6, 6.07) is 6.29. The minimum Gasteiger partial charge on any atom is -0.364 e. The van der Waals surface area contributed by atoms with Gasteiger partial charge in [0.15, 0.2) is 0 Å². The van der Waals surface area contributed by atoms with E-state index in [1.165, 1.54) is 12.1 Å².